The van der Waals surface area contributed by atoms with Crippen LogP contribution in [0.15, 0.2) is 71.5 Å². The molecule has 0 unspecified atom stereocenters. The van der Waals surface area contributed by atoms with Crippen LogP contribution in [0.1, 0.15) is 11.3 Å². The molecule has 2 aromatic carbocycles. The first kappa shape index (κ1) is 12.6. The SMILES string of the molecule is O=C1OC(c2cccc3ccccc23)=N/C1=C/c1ccc[nH]1. The number of aliphatic imine (C=N–C) groups is 1. The number of cyclic esters (lactones) is 1. The zero-order valence-electron chi connectivity index (χ0n) is 11.6. The molecule has 0 aliphatic carbocycles. The maximum atomic E-state index is 12.0. The smallest absolute Gasteiger partial charge is 0.363 e. The first-order valence-corrected chi connectivity index (χ1v) is 6.95. The fraction of sp³-hybridized carbons (Fsp3) is 0. The number of nitrogens with one attached hydrogen (secondary N) is 1. The summed E-state index contributed by atoms with van der Waals surface area (Å²) in [5.74, 6) is -0.0860. The Morgan fingerprint density at radius 2 is 1.86 bits per heavy atom. The summed E-state index contributed by atoms with van der Waals surface area (Å²) in [6.07, 6.45) is 3.47. The molecule has 0 bridgehead atoms. The van der Waals surface area contributed by atoms with E-state index in [1.807, 2.05) is 54.6 Å². The highest BCUT2D eigenvalue weighted by Crippen LogP contribution is 2.24. The van der Waals surface area contributed by atoms with Gasteiger partial charge in [0, 0.05) is 17.5 Å². The van der Waals surface area contributed by atoms with Crippen molar-refractivity contribution in [2.24, 2.45) is 4.99 Å². The number of H-pyrrole nitrogens is 1. The molecule has 0 saturated heterocycles. The monoisotopic (exact) mass is 288 g/mol. The molecular weight excluding hydrogens is 276 g/mol. The minimum absolute atomic E-state index is 0.297. The van der Waals surface area contributed by atoms with Crippen LogP contribution in [0.3, 0.4) is 0 Å². The van der Waals surface area contributed by atoms with E-state index in [0.717, 1.165) is 22.0 Å². The second-order valence-electron chi connectivity index (χ2n) is 4.99. The molecule has 0 fully saturated rings. The van der Waals surface area contributed by atoms with E-state index in [4.69, 9.17) is 4.74 Å². The van der Waals surface area contributed by atoms with Gasteiger partial charge in [-0.25, -0.2) is 9.79 Å². The van der Waals surface area contributed by atoms with Gasteiger partial charge < -0.3 is 9.72 Å². The number of aromatic amines is 1. The molecule has 0 atom stereocenters. The van der Waals surface area contributed by atoms with Crippen LogP contribution in [0.25, 0.3) is 16.8 Å². The Morgan fingerprint density at radius 1 is 1.00 bits per heavy atom. The number of hydrogen-bond donors (Lipinski definition) is 1. The highest BCUT2D eigenvalue weighted by Gasteiger charge is 2.25. The van der Waals surface area contributed by atoms with Gasteiger partial charge in [0.15, 0.2) is 5.70 Å². The molecule has 0 saturated carbocycles. The molecule has 4 rings (SSSR count). The highest BCUT2D eigenvalue weighted by atomic mass is 16.6. The zero-order chi connectivity index (χ0) is 14.9. The molecule has 0 amide bonds. The van der Waals surface area contributed by atoms with Crippen LogP contribution in [0.2, 0.25) is 0 Å². The summed E-state index contributed by atoms with van der Waals surface area (Å²) < 4.78 is 5.35. The standard InChI is InChI=1S/C18H12N2O2/c21-18-16(11-13-7-4-10-19-13)20-17(22-18)15-9-3-6-12-5-1-2-8-14(12)15/h1-11,19H/b16-11+. The minimum Gasteiger partial charge on any atom is -0.402 e. The molecule has 1 aliphatic rings. The molecule has 1 aromatic heterocycles. The maximum absolute atomic E-state index is 12.0. The highest BCUT2D eigenvalue weighted by molar-refractivity contribution is 6.17. The first-order chi connectivity index (χ1) is 10.8. The second-order valence-corrected chi connectivity index (χ2v) is 4.99. The van der Waals surface area contributed by atoms with Crippen molar-refractivity contribution in [3.05, 3.63) is 77.7 Å². The van der Waals surface area contributed by atoms with Gasteiger partial charge in [0.1, 0.15) is 0 Å². The summed E-state index contributed by atoms with van der Waals surface area (Å²) in [7, 11) is 0. The fourth-order valence-corrected chi connectivity index (χ4v) is 2.52. The van der Waals surface area contributed by atoms with Crippen molar-refractivity contribution < 1.29 is 9.53 Å². The summed E-state index contributed by atoms with van der Waals surface area (Å²) in [5, 5.41) is 2.10. The predicted molar refractivity (Wildman–Crippen MR) is 85.3 cm³/mol. The lowest BCUT2D eigenvalue weighted by atomic mass is 10.0. The van der Waals surface area contributed by atoms with Gasteiger partial charge in [0.2, 0.25) is 5.90 Å². The molecular formula is C18H12N2O2. The number of aromatic nitrogens is 1. The lowest BCUT2D eigenvalue weighted by molar-refractivity contribution is -0.129. The Morgan fingerprint density at radius 3 is 2.73 bits per heavy atom. The largest absolute Gasteiger partial charge is 0.402 e. The van der Waals surface area contributed by atoms with E-state index in [1.165, 1.54) is 0 Å². The summed E-state index contributed by atoms with van der Waals surface area (Å²) in [6.45, 7) is 0. The Hall–Kier alpha value is -3.14. The van der Waals surface area contributed by atoms with Crippen molar-refractivity contribution in [3.63, 3.8) is 0 Å². The number of nitrogens with zero attached hydrogens (tertiary/aromatic N) is 1. The molecule has 106 valence electrons. The minimum atomic E-state index is -0.433. The van der Waals surface area contributed by atoms with E-state index in [2.05, 4.69) is 9.98 Å². The lowest BCUT2D eigenvalue weighted by Gasteiger charge is -2.04. The van der Waals surface area contributed by atoms with Gasteiger partial charge in [-0.2, -0.15) is 0 Å². The number of hydrogen-bond acceptors (Lipinski definition) is 3. The normalized spacial score (nSPS) is 16.1. The maximum Gasteiger partial charge on any atom is 0.363 e. The van der Waals surface area contributed by atoms with Gasteiger partial charge in [-0.05, 0) is 35.0 Å². The number of benzene rings is 2. The number of carbonyl (C=O) groups excluding carboxylic acids is 1. The number of fused-ring (bicyclic) bond motifs is 1. The summed E-state index contributed by atoms with van der Waals surface area (Å²) in [4.78, 5) is 19.4. The molecule has 0 radical (unpaired) electrons. The predicted octanol–water partition coefficient (Wildman–Crippen LogP) is 3.51. The number of rotatable bonds is 2. The van der Waals surface area contributed by atoms with Crippen molar-refractivity contribution in [1.82, 2.24) is 4.98 Å². The van der Waals surface area contributed by atoms with Gasteiger partial charge in [0.05, 0.1) is 0 Å². The fourth-order valence-electron chi connectivity index (χ4n) is 2.52. The quantitative estimate of drug-likeness (QED) is 0.579. The van der Waals surface area contributed by atoms with E-state index < -0.39 is 5.97 Å². The number of ether oxygens (including phenoxy) is 1. The van der Waals surface area contributed by atoms with Crippen LogP contribution in [-0.2, 0) is 9.53 Å². The zero-order valence-corrected chi connectivity index (χ0v) is 11.6. The van der Waals surface area contributed by atoms with Gasteiger partial charge in [-0.1, -0.05) is 36.4 Å². The molecule has 4 heteroatoms. The number of esters is 1. The van der Waals surface area contributed by atoms with Crippen LogP contribution >= 0.6 is 0 Å². The first-order valence-electron chi connectivity index (χ1n) is 6.95. The molecule has 22 heavy (non-hydrogen) atoms. The van der Waals surface area contributed by atoms with E-state index >= 15 is 0 Å². The van der Waals surface area contributed by atoms with Crippen LogP contribution < -0.4 is 0 Å². The summed E-state index contributed by atoms with van der Waals surface area (Å²) >= 11 is 0. The third-order valence-electron chi connectivity index (χ3n) is 3.55. The Kier molecular flexibility index (Phi) is 2.86. The molecule has 1 N–H and O–H groups in total. The van der Waals surface area contributed by atoms with Crippen molar-refractivity contribution in [3.8, 4) is 0 Å². The Balaban J connectivity index is 1.81. The molecule has 1 aliphatic heterocycles. The molecule has 0 spiro atoms. The van der Waals surface area contributed by atoms with Crippen molar-refractivity contribution >= 4 is 28.7 Å². The van der Waals surface area contributed by atoms with Crippen molar-refractivity contribution in [2.45, 2.75) is 0 Å². The van der Waals surface area contributed by atoms with Gasteiger partial charge in [-0.3, -0.25) is 0 Å². The average Bonchev–Trinajstić information content (AvgIpc) is 3.18. The van der Waals surface area contributed by atoms with Crippen molar-refractivity contribution in [1.29, 1.82) is 0 Å². The van der Waals surface area contributed by atoms with Crippen LogP contribution in [0, 0.1) is 0 Å². The third-order valence-corrected chi connectivity index (χ3v) is 3.55. The number of carbonyl (C=O) groups is 1. The van der Waals surface area contributed by atoms with Crippen LogP contribution in [-0.4, -0.2) is 16.9 Å². The second kappa shape index (κ2) is 5.00. The van der Waals surface area contributed by atoms with Gasteiger partial charge in [0.25, 0.3) is 0 Å². The van der Waals surface area contributed by atoms with Gasteiger partial charge >= 0.3 is 5.97 Å². The topological polar surface area (TPSA) is 54.4 Å². The average molecular weight is 288 g/mol. The summed E-state index contributed by atoms with van der Waals surface area (Å²) in [5.41, 5.74) is 1.93. The Bertz CT molecular complexity index is 916. The van der Waals surface area contributed by atoms with E-state index in [9.17, 15) is 4.79 Å². The van der Waals surface area contributed by atoms with Gasteiger partial charge in [-0.15, -0.1) is 0 Å². The third kappa shape index (κ3) is 2.11. The van der Waals surface area contributed by atoms with Crippen molar-refractivity contribution in [2.75, 3.05) is 0 Å². The molecule has 3 aromatic rings. The van der Waals surface area contributed by atoms with Crippen LogP contribution in [0.4, 0.5) is 0 Å². The van der Waals surface area contributed by atoms with E-state index in [-0.39, 0.29) is 0 Å². The molecule has 2 heterocycles. The van der Waals surface area contributed by atoms with E-state index in [0.29, 0.717) is 11.6 Å². The van der Waals surface area contributed by atoms with E-state index in [1.54, 1.807) is 12.3 Å². The Labute approximate surface area is 126 Å². The van der Waals surface area contributed by atoms with Crippen LogP contribution in [0.5, 0.6) is 0 Å². The molecule has 4 nitrogen and oxygen atoms in total. The summed E-state index contributed by atoms with van der Waals surface area (Å²) in [6, 6.07) is 17.5. The lowest BCUT2D eigenvalue weighted by Crippen LogP contribution is -2.05.